The van der Waals surface area contributed by atoms with E-state index < -0.39 is 37.8 Å². The van der Waals surface area contributed by atoms with Crippen molar-refractivity contribution in [2.45, 2.75) is 60.9 Å². The Morgan fingerprint density at radius 3 is 0.600 bits per heavy atom. The summed E-state index contributed by atoms with van der Waals surface area (Å²) in [5.41, 5.74) is 19.3. The molecule has 0 spiro atoms. The van der Waals surface area contributed by atoms with E-state index in [2.05, 4.69) is 255 Å². The third-order valence-corrected chi connectivity index (χ3v) is 14.2. The van der Waals surface area contributed by atoms with E-state index in [9.17, 15) is 0 Å². The van der Waals surface area contributed by atoms with E-state index in [-0.39, 0.29) is 0 Å². The van der Waals surface area contributed by atoms with Gasteiger partial charge in [0.05, 0.1) is 0 Å². The van der Waals surface area contributed by atoms with Crippen LogP contribution < -0.4 is 0 Å². The zero-order valence-electron chi connectivity index (χ0n) is 34.9. The van der Waals surface area contributed by atoms with Gasteiger partial charge >= 0.3 is 0 Å². The predicted molar refractivity (Wildman–Crippen MR) is 252 cm³/mol. The van der Waals surface area contributed by atoms with Gasteiger partial charge in [-0.1, -0.05) is 209 Å². The molecular formula is C58H42Si2. The third-order valence-electron chi connectivity index (χ3n) is 12.5. The topological polar surface area (TPSA) is 0 Å². The largest absolute Gasteiger partial charge is 0.130 e. The molecule has 0 saturated heterocycles. The maximum absolute atomic E-state index is 3.91. The van der Waals surface area contributed by atoms with E-state index in [4.69, 9.17) is 0 Å². The van der Waals surface area contributed by atoms with E-state index in [0.29, 0.717) is 0 Å². The standard InChI is InChI=1S/C58H42Si2/c1-59(2,3)41-39-57-49-31-17-11-25-43(49)55(44-26-12-18-32-50(44)57,45-27-13-19-33-51(45)57)37-23-9-7-8-10-24-38-56-46-28-14-20-34-52(46)58(40-42-60(4,5)6,53-35-21-15-29-47(53)56)54-36-22-16-30-48(54)56/h11-22,25-36H,1-6H3. The second-order valence-corrected chi connectivity index (χ2v) is 27.8. The summed E-state index contributed by atoms with van der Waals surface area (Å²) in [6.45, 7) is 13.9. The van der Waals surface area contributed by atoms with Gasteiger partial charge in [-0.3, -0.25) is 0 Å². The van der Waals surface area contributed by atoms with Crippen LogP contribution in [-0.4, -0.2) is 16.1 Å². The molecule has 0 amide bonds. The number of benzene rings is 6. The Morgan fingerprint density at radius 2 is 0.417 bits per heavy atom. The molecule has 0 saturated carbocycles. The lowest BCUT2D eigenvalue weighted by Gasteiger charge is -2.52. The van der Waals surface area contributed by atoms with Crippen LogP contribution in [0.15, 0.2) is 146 Å². The van der Waals surface area contributed by atoms with Crippen molar-refractivity contribution in [3.8, 4) is 70.3 Å². The second kappa shape index (κ2) is 13.3. The van der Waals surface area contributed by atoms with Crippen LogP contribution in [0.25, 0.3) is 0 Å². The first-order valence-corrected chi connectivity index (χ1v) is 27.7. The van der Waals surface area contributed by atoms with Gasteiger partial charge in [-0.25, -0.2) is 0 Å². The van der Waals surface area contributed by atoms with Gasteiger partial charge in [-0.15, -0.1) is 11.1 Å². The molecule has 4 bridgehead atoms. The van der Waals surface area contributed by atoms with Crippen molar-refractivity contribution in [1.29, 1.82) is 0 Å². The summed E-state index contributed by atoms with van der Waals surface area (Å²) in [5.74, 6) is 34.2. The Bertz CT molecular complexity index is 2780. The highest BCUT2D eigenvalue weighted by atomic mass is 28.3. The lowest BCUT2D eigenvalue weighted by molar-refractivity contribution is 0.606. The fourth-order valence-electron chi connectivity index (χ4n) is 10.3. The number of rotatable bonds is 0. The highest BCUT2D eigenvalue weighted by molar-refractivity contribution is 6.84. The molecular weight excluding hydrogens is 753 g/mol. The average molecular weight is 795 g/mol. The zero-order valence-corrected chi connectivity index (χ0v) is 36.9. The van der Waals surface area contributed by atoms with E-state index in [1.807, 2.05) is 0 Å². The monoisotopic (exact) mass is 794 g/mol. The highest BCUT2D eigenvalue weighted by Gasteiger charge is 2.59. The van der Waals surface area contributed by atoms with E-state index in [0.717, 1.165) is 0 Å². The fourth-order valence-corrected chi connectivity index (χ4v) is 11.4. The van der Waals surface area contributed by atoms with Crippen LogP contribution in [0.4, 0.5) is 0 Å². The molecule has 0 unspecified atom stereocenters. The van der Waals surface area contributed by atoms with Crippen molar-refractivity contribution >= 4 is 16.1 Å². The summed E-state index contributed by atoms with van der Waals surface area (Å²) in [6.07, 6.45) is 0. The Kier molecular flexibility index (Phi) is 8.30. The summed E-state index contributed by atoms with van der Waals surface area (Å²) in [6, 6.07) is 52.4. The van der Waals surface area contributed by atoms with Crippen molar-refractivity contribution in [2.24, 2.45) is 0 Å². The molecule has 0 aliphatic heterocycles. The lowest BCUT2D eigenvalue weighted by atomic mass is 9.47. The summed E-state index contributed by atoms with van der Waals surface area (Å²) >= 11 is 0. The van der Waals surface area contributed by atoms with Crippen LogP contribution in [0.2, 0.25) is 39.3 Å². The molecule has 0 radical (unpaired) electrons. The van der Waals surface area contributed by atoms with Crippen molar-refractivity contribution in [3.05, 3.63) is 212 Å². The maximum atomic E-state index is 3.91. The summed E-state index contributed by atoms with van der Waals surface area (Å²) in [7, 11) is -3.43. The van der Waals surface area contributed by atoms with Crippen LogP contribution in [0.3, 0.4) is 0 Å². The van der Waals surface area contributed by atoms with Crippen LogP contribution in [-0.2, 0) is 21.7 Å². The van der Waals surface area contributed by atoms with Gasteiger partial charge in [-0.05, 0) is 102 Å². The minimum Gasteiger partial charge on any atom is -0.130 e. The summed E-state index contributed by atoms with van der Waals surface area (Å²) < 4.78 is 0. The Hall–Kier alpha value is -6.89. The van der Waals surface area contributed by atoms with E-state index >= 15 is 0 Å². The molecule has 0 fully saturated rings. The molecule has 6 aromatic rings. The van der Waals surface area contributed by atoms with Gasteiger partial charge in [0.1, 0.15) is 37.8 Å². The van der Waals surface area contributed by atoms with Crippen LogP contribution in [0.1, 0.15) is 66.8 Å². The molecule has 2 heteroatoms. The van der Waals surface area contributed by atoms with Crippen molar-refractivity contribution < 1.29 is 0 Å². The normalized spacial score (nSPS) is 22.3. The molecule has 0 atom stereocenters. The second-order valence-electron chi connectivity index (χ2n) is 18.3. The van der Waals surface area contributed by atoms with Crippen LogP contribution >= 0.6 is 0 Å². The molecule has 0 N–H and O–H groups in total. The van der Waals surface area contributed by atoms with Crippen molar-refractivity contribution in [1.82, 2.24) is 0 Å². The molecule has 0 heterocycles. The van der Waals surface area contributed by atoms with Gasteiger partial charge in [0.2, 0.25) is 0 Å². The van der Waals surface area contributed by atoms with Gasteiger partial charge in [0.25, 0.3) is 0 Å². The SMILES string of the molecule is C[Si](C)(C)C#CC12c3ccccc3C(C#CC#CC#CC#CC34c5ccccc5C(C#C[Si](C)(C)C)(c5ccccc53)c3ccccc34)(c3ccccc31)c1ccccc12. The fraction of sp³-hybridized carbons (Fsp3) is 0.172. The average Bonchev–Trinajstić information content (AvgIpc) is 3.26. The molecule has 6 aliphatic carbocycles. The van der Waals surface area contributed by atoms with Gasteiger partial charge in [0, 0.05) is 0 Å². The number of hydrogen-bond acceptors (Lipinski definition) is 0. The van der Waals surface area contributed by atoms with Gasteiger partial charge in [-0.2, -0.15) is 0 Å². The van der Waals surface area contributed by atoms with Crippen molar-refractivity contribution in [3.63, 3.8) is 0 Å². The Balaban J connectivity index is 1.09. The summed E-state index contributed by atoms with van der Waals surface area (Å²) in [4.78, 5) is 0. The van der Waals surface area contributed by atoms with Gasteiger partial charge < -0.3 is 0 Å². The molecule has 282 valence electrons. The molecule has 6 aliphatic rings. The van der Waals surface area contributed by atoms with Crippen molar-refractivity contribution in [2.75, 3.05) is 0 Å². The first-order valence-electron chi connectivity index (χ1n) is 20.7. The smallest absolute Gasteiger partial charge is 0.129 e. The quantitative estimate of drug-likeness (QED) is 0.106. The zero-order chi connectivity index (χ0) is 41.4. The molecule has 0 aromatic heterocycles. The predicted octanol–water partition coefficient (Wildman–Crippen LogP) is 10.8. The first kappa shape index (κ1) is 37.4. The molecule has 60 heavy (non-hydrogen) atoms. The number of hydrogen-bond donors (Lipinski definition) is 0. The van der Waals surface area contributed by atoms with E-state index in [1.165, 1.54) is 66.8 Å². The van der Waals surface area contributed by atoms with Crippen LogP contribution in [0.5, 0.6) is 0 Å². The first-order chi connectivity index (χ1) is 29.0. The lowest BCUT2D eigenvalue weighted by Crippen LogP contribution is -2.50. The Labute approximate surface area is 357 Å². The van der Waals surface area contributed by atoms with E-state index in [1.54, 1.807) is 0 Å². The minimum atomic E-state index is -1.72. The molecule has 0 nitrogen and oxygen atoms in total. The third kappa shape index (κ3) is 5.13. The van der Waals surface area contributed by atoms with Crippen LogP contribution in [0, 0.1) is 70.3 Å². The van der Waals surface area contributed by atoms with Gasteiger partial charge in [0.15, 0.2) is 0 Å². The highest BCUT2D eigenvalue weighted by Crippen LogP contribution is 2.63. The molecule has 6 aromatic carbocycles. The summed E-state index contributed by atoms with van der Waals surface area (Å²) in [5, 5.41) is 0. The minimum absolute atomic E-state index is 0.566. The maximum Gasteiger partial charge on any atom is 0.129 e. The molecule has 12 rings (SSSR count). The Morgan fingerprint density at radius 1 is 0.250 bits per heavy atom.